The summed E-state index contributed by atoms with van der Waals surface area (Å²) in [6.07, 6.45) is 1.83. The van der Waals surface area contributed by atoms with Crippen molar-refractivity contribution in [2.75, 3.05) is 0 Å². The maximum atomic E-state index is 4.22. The highest BCUT2D eigenvalue weighted by Crippen LogP contribution is 2.31. The minimum atomic E-state index is 1.15. The molecule has 3 aromatic rings. The molecular formula is C13H13N3. The Morgan fingerprint density at radius 3 is 2.75 bits per heavy atom. The Bertz CT molecular complexity index is 646. The number of aryl methyl sites for hydroxylation is 2. The minimum Gasteiger partial charge on any atom is -0.358 e. The standard InChI is InChI=1S/C13H13N3/c1-9-13(12-7-8-14-16(12)2)10-5-3-4-6-11(10)15-9/h3-8,15H,1-2H3. The van der Waals surface area contributed by atoms with Gasteiger partial charge in [0.1, 0.15) is 0 Å². The van der Waals surface area contributed by atoms with E-state index in [4.69, 9.17) is 0 Å². The van der Waals surface area contributed by atoms with Gasteiger partial charge in [0.25, 0.3) is 0 Å². The number of H-pyrrole nitrogens is 1. The Morgan fingerprint density at radius 1 is 1.19 bits per heavy atom. The largest absolute Gasteiger partial charge is 0.358 e. The molecule has 0 aliphatic carbocycles. The molecule has 0 radical (unpaired) electrons. The Morgan fingerprint density at radius 2 is 2.00 bits per heavy atom. The Kier molecular flexibility index (Phi) is 1.86. The number of nitrogens with one attached hydrogen (secondary N) is 1. The zero-order valence-electron chi connectivity index (χ0n) is 9.36. The lowest BCUT2D eigenvalue weighted by Crippen LogP contribution is -1.93. The van der Waals surface area contributed by atoms with Gasteiger partial charge in [-0.2, -0.15) is 5.10 Å². The topological polar surface area (TPSA) is 33.6 Å². The number of hydrogen-bond donors (Lipinski definition) is 1. The van der Waals surface area contributed by atoms with Crippen molar-refractivity contribution in [2.45, 2.75) is 6.92 Å². The third-order valence-corrected chi connectivity index (χ3v) is 2.97. The molecule has 1 aromatic carbocycles. The second-order valence-corrected chi connectivity index (χ2v) is 4.01. The predicted octanol–water partition coefficient (Wildman–Crippen LogP) is 2.88. The van der Waals surface area contributed by atoms with Gasteiger partial charge in [-0.3, -0.25) is 4.68 Å². The van der Waals surface area contributed by atoms with Crippen molar-refractivity contribution in [1.82, 2.24) is 14.8 Å². The number of aromatic amines is 1. The first-order valence-electron chi connectivity index (χ1n) is 5.33. The number of nitrogens with zero attached hydrogens (tertiary/aromatic N) is 2. The summed E-state index contributed by atoms with van der Waals surface area (Å²) in [7, 11) is 1.97. The van der Waals surface area contributed by atoms with Crippen LogP contribution in [0.15, 0.2) is 36.5 Å². The molecule has 2 heterocycles. The summed E-state index contributed by atoms with van der Waals surface area (Å²) in [6.45, 7) is 2.10. The Hall–Kier alpha value is -2.03. The highest BCUT2D eigenvalue weighted by atomic mass is 15.3. The van der Waals surface area contributed by atoms with E-state index in [0.717, 1.165) is 5.69 Å². The van der Waals surface area contributed by atoms with Crippen LogP contribution < -0.4 is 0 Å². The summed E-state index contributed by atoms with van der Waals surface area (Å²) in [4.78, 5) is 3.40. The van der Waals surface area contributed by atoms with Crippen molar-refractivity contribution in [2.24, 2.45) is 7.05 Å². The van der Waals surface area contributed by atoms with Crippen LogP contribution >= 0.6 is 0 Å². The molecule has 2 aromatic heterocycles. The second kappa shape index (κ2) is 3.23. The maximum Gasteiger partial charge on any atom is 0.0703 e. The molecular weight excluding hydrogens is 198 g/mol. The lowest BCUT2D eigenvalue weighted by atomic mass is 10.1. The smallest absolute Gasteiger partial charge is 0.0703 e. The summed E-state index contributed by atoms with van der Waals surface area (Å²) in [5.74, 6) is 0. The third kappa shape index (κ3) is 1.18. The van der Waals surface area contributed by atoms with Crippen molar-refractivity contribution in [3.05, 3.63) is 42.2 Å². The number of benzene rings is 1. The number of fused-ring (bicyclic) bond motifs is 1. The zero-order chi connectivity index (χ0) is 11.1. The molecule has 0 fully saturated rings. The van der Waals surface area contributed by atoms with Crippen molar-refractivity contribution in [1.29, 1.82) is 0 Å². The van der Waals surface area contributed by atoms with Crippen LogP contribution in [0, 0.1) is 6.92 Å². The Labute approximate surface area is 93.7 Å². The monoisotopic (exact) mass is 211 g/mol. The first kappa shape index (κ1) is 9.21. The van der Waals surface area contributed by atoms with E-state index in [1.807, 2.05) is 30.1 Å². The normalized spacial score (nSPS) is 11.1. The molecule has 0 aliphatic rings. The van der Waals surface area contributed by atoms with Crippen molar-refractivity contribution in [3.8, 4) is 11.3 Å². The van der Waals surface area contributed by atoms with Crippen molar-refractivity contribution in [3.63, 3.8) is 0 Å². The molecule has 0 amide bonds. The fourth-order valence-corrected chi connectivity index (χ4v) is 2.23. The first-order valence-corrected chi connectivity index (χ1v) is 5.33. The van der Waals surface area contributed by atoms with Crippen molar-refractivity contribution >= 4 is 10.9 Å². The molecule has 0 aliphatic heterocycles. The predicted molar refractivity (Wildman–Crippen MR) is 65.2 cm³/mol. The van der Waals surface area contributed by atoms with E-state index in [-0.39, 0.29) is 0 Å². The van der Waals surface area contributed by atoms with E-state index < -0.39 is 0 Å². The summed E-state index contributed by atoms with van der Waals surface area (Å²) in [6, 6.07) is 10.4. The van der Waals surface area contributed by atoms with Gasteiger partial charge in [-0.15, -0.1) is 0 Å². The maximum absolute atomic E-state index is 4.22. The second-order valence-electron chi connectivity index (χ2n) is 4.01. The quantitative estimate of drug-likeness (QED) is 0.659. The molecule has 0 bridgehead atoms. The molecule has 3 nitrogen and oxygen atoms in total. The van der Waals surface area contributed by atoms with E-state index in [9.17, 15) is 0 Å². The fourth-order valence-electron chi connectivity index (χ4n) is 2.23. The molecule has 0 spiro atoms. The molecule has 0 saturated carbocycles. The van der Waals surface area contributed by atoms with Crippen LogP contribution in [0.3, 0.4) is 0 Å². The fraction of sp³-hybridized carbons (Fsp3) is 0.154. The molecule has 80 valence electrons. The van der Waals surface area contributed by atoms with E-state index in [0.29, 0.717) is 0 Å². The number of para-hydroxylation sites is 1. The van der Waals surface area contributed by atoms with Gasteiger partial charge in [0.15, 0.2) is 0 Å². The highest BCUT2D eigenvalue weighted by Gasteiger charge is 2.12. The van der Waals surface area contributed by atoms with Crippen LogP contribution in [-0.2, 0) is 7.05 Å². The molecule has 16 heavy (non-hydrogen) atoms. The average molecular weight is 211 g/mol. The number of aromatic nitrogens is 3. The van der Waals surface area contributed by atoms with Gasteiger partial charge in [0.2, 0.25) is 0 Å². The zero-order valence-corrected chi connectivity index (χ0v) is 9.36. The van der Waals surface area contributed by atoms with E-state index in [1.165, 1.54) is 22.2 Å². The minimum absolute atomic E-state index is 1.15. The van der Waals surface area contributed by atoms with Gasteiger partial charge in [-0.25, -0.2) is 0 Å². The molecule has 0 atom stereocenters. The van der Waals surface area contributed by atoms with Crippen molar-refractivity contribution < 1.29 is 0 Å². The summed E-state index contributed by atoms with van der Waals surface area (Å²) in [5, 5.41) is 5.48. The van der Waals surface area contributed by atoms with Crippen LogP contribution in [0.2, 0.25) is 0 Å². The lowest BCUT2D eigenvalue weighted by molar-refractivity contribution is 0.776. The van der Waals surface area contributed by atoms with E-state index >= 15 is 0 Å². The number of hydrogen-bond acceptors (Lipinski definition) is 1. The average Bonchev–Trinajstić information content (AvgIpc) is 2.81. The lowest BCUT2D eigenvalue weighted by Gasteiger charge is -2.01. The number of rotatable bonds is 1. The molecule has 0 unspecified atom stereocenters. The van der Waals surface area contributed by atoms with E-state index in [2.05, 4.69) is 35.2 Å². The molecule has 0 saturated heterocycles. The summed E-state index contributed by atoms with van der Waals surface area (Å²) < 4.78 is 1.91. The molecule has 3 heteroatoms. The van der Waals surface area contributed by atoms with Gasteiger partial charge in [-0.05, 0) is 19.1 Å². The van der Waals surface area contributed by atoms with E-state index in [1.54, 1.807) is 0 Å². The van der Waals surface area contributed by atoms with Crippen LogP contribution in [0.25, 0.3) is 22.2 Å². The van der Waals surface area contributed by atoms with Crippen LogP contribution in [-0.4, -0.2) is 14.8 Å². The van der Waals surface area contributed by atoms with Gasteiger partial charge in [-0.1, -0.05) is 18.2 Å². The summed E-state index contributed by atoms with van der Waals surface area (Å²) in [5.41, 5.74) is 4.76. The SMILES string of the molecule is Cc1[nH]c2ccccc2c1-c1ccnn1C. The van der Waals surface area contributed by atoms with Crippen LogP contribution in [0.5, 0.6) is 0 Å². The first-order chi connectivity index (χ1) is 7.77. The third-order valence-electron chi connectivity index (χ3n) is 2.97. The molecule has 3 rings (SSSR count). The van der Waals surface area contributed by atoms with Gasteiger partial charge < -0.3 is 4.98 Å². The van der Waals surface area contributed by atoms with Gasteiger partial charge >= 0.3 is 0 Å². The molecule has 1 N–H and O–H groups in total. The van der Waals surface area contributed by atoms with Crippen LogP contribution in [0.4, 0.5) is 0 Å². The van der Waals surface area contributed by atoms with Gasteiger partial charge in [0.05, 0.1) is 5.69 Å². The highest BCUT2D eigenvalue weighted by molar-refractivity contribution is 5.96. The van der Waals surface area contributed by atoms with Crippen LogP contribution in [0.1, 0.15) is 5.69 Å². The summed E-state index contributed by atoms with van der Waals surface area (Å²) >= 11 is 0. The van der Waals surface area contributed by atoms with Gasteiger partial charge in [0, 0.05) is 35.4 Å². The Balaban J connectivity index is 2.39.